The maximum atomic E-state index is 11.6. The van der Waals surface area contributed by atoms with Crippen molar-refractivity contribution in [1.29, 1.82) is 0 Å². The van der Waals surface area contributed by atoms with Gasteiger partial charge in [0.1, 0.15) is 10.5 Å². The van der Waals surface area contributed by atoms with Crippen molar-refractivity contribution in [2.45, 2.75) is 12.2 Å². The summed E-state index contributed by atoms with van der Waals surface area (Å²) in [5, 5.41) is 1.89. The number of nitrogens with two attached hydrogens (primary N) is 1. The van der Waals surface area contributed by atoms with E-state index in [2.05, 4.69) is 9.97 Å². The van der Waals surface area contributed by atoms with Crippen LogP contribution in [0.3, 0.4) is 0 Å². The summed E-state index contributed by atoms with van der Waals surface area (Å²) in [6, 6.07) is 1.88. The summed E-state index contributed by atoms with van der Waals surface area (Å²) in [4.78, 5) is 18.8. The van der Waals surface area contributed by atoms with Gasteiger partial charge in [-0.15, -0.1) is 11.3 Å². The molecule has 0 saturated heterocycles. The van der Waals surface area contributed by atoms with Crippen LogP contribution in [0.1, 0.15) is 12.2 Å². The Balaban J connectivity index is 2.10. The predicted molar refractivity (Wildman–Crippen MR) is 70.1 cm³/mol. The van der Waals surface area contributed by atoms with Crippen molar-refractivity contribution in [2.24, 2.45) is 5.73 Å². The van der Waals surface area contributed by atoms with Gasteiger partial charge in [0, 0.05) is 0 Å². The first-order valence-corrected chi connectivity index (χ1v) is 7.09. The van der Waals surface area contributed by atoms with Crippen LogP contribution < -0.4 is 11.3 Å². The summed E-state index contributed by atoms with van der Waals surface area (Å²) in [6.45, 7) is 0.709. The maximum absolute atomic E-state index is 11.6. The van der Waals surface area contributed by atoms with E-state index < -0.39 is 0 Å². The molecule has 4 nitrogen and oxygen atoms in total. The van der Waals surface area contributed by atoms with Crippen LogP contribution in [-0.2, 0) is 5.75 Å². The second kappa shape index (κ2) is 5.47. The van der Waals surface area contributed by atoms with E-state index in [1.54, 1.807) is 11.8 Å². The van der Waals surface area contributed by atoms with E-state index in [9.17, 15) is 4.79 Å². The Labute approximate surface area is 101 Å². The fraction of sp³-hybridized carbons (Fsp3) is 0.400. The van der Waals surface area contributed by atoms with E-state index in [1.165, 1.54) is 11.3 Å². The lowest BCUT2D eigenvalue weighted by Crippen LogP contribution is -2.09. The molecule has 86 valence electrons. The standard InChI is InChI=1S/C10H13N3OS2/c11-3-1-4-15-6-8-12-7-2-5-16-9(7)10(14)13-8/h2,5H,1,3-4,6,11H2,(H,12,13,14). The number of fused-ring (bicyclic) bond motifs is 1. The summed E-state index contributed by atoms with van der Waals surface area (Å²) in [5.41, 5.74) is 6.17. The molecule has 0 fully saturated rings. The van der Waals surface area contributed by atoms with Gasteiger partial charge in [-0.2, -0.15) is 11.8 Å². The van der Waals surface area contributed by atoms with Crippen LogP contribution in [0.2, 0.25) is 0 Å². The highest BCUT2D eigenvalue weighted by Crippen LogP contribution is 2.15. The molecule has 3 N–H and O–H groups in total. The molecule has 6 heteroatoms. The molecular formula is C10H13N3OS2. The van der Waals surface area contributed by atoms with Gasteiger partial charge in [0.2, 0.25) is 0 Å². The normalized spacial score (nSPS) is 11.1. The van der Waals surface area contributed by atoms with E-state index in [0.29, 0.717) is 11.2 Å². The Morgan fingerprint density at radius 3 is 3.25 bits per heavy atom. The number of nitrogens with zero attached hydrogens (tertiary/aromatic N) is 1. The van der Waals surface area contributed by atoms with Crippen molar-refractivity contribution in [2.75, 3.05) is 12.3 Å². The summed E-state index contributed by atoms with van der Waals surface area (Å²) in [5.74, 6) is 2.49. The largest absolute Gasteiger partial charge is 0.330 e. The minimum Gasteiger partial charge on any atom is -0.330 e. The summed E-state index contributed by atoms with van der Waals surface area (Å²) in [6.07, 6.45) is 0.996. The molecule has 2 heterocycles. The summed E-state index contributed by atoms with van der Waals surface area (Å²) < 4.78 is 0.704. The SMILES string of the molecule is NCCCSCc1nc2ccsc2c(=O)[nH]1. The van der Waals surface area contributed by atoms with Crippen molar-refractivity contribution in [3.8, 4) is 0 Å². The number of thiophene rings is 1. The molecule has 0 amide bonds. The number of nitrogens with one attached hydrogen (secondary N) is 1. The van der Waals surface area contributed by atoms with Gasteiger partial charge in [-0.3, -0.25) is 4.79 Å². The first-order valence-electron chi connectivity index (χ1n) is 5.05. The van der Waals surface area contributed by atoms with Gasteiger partial charge in [-0.1, -0.05) is 0 Å². The second-order valence-corrected chi connectivity index (χ2v) is 5.36. The topological polar surface area (TPSA) is 71.8 Å². The van der Waals surface area contributed by atoms with E-state index in [0.717, 1.165) is 29.3 Å². The molecule has 2 aromatic rings. The molecule has 2 rings (SSSR count). The Morgan fingerprint density at radius 2 is 2.44 bits per heavy atom. The fourth-order valence-corrected chi connectivity index (χ4v) is 2.91. The van der Waals surface area contributed by atoms with Crippen LogP contribution in [0.25, 0.3) is 10.2 Å². The molecule has 0 atom stereocenters. The van der Waals surface area contributed by atoms with Gasteiger partial charge >= 0.3 is 0 Å². The molecule has 0 aliphatic carbocycles. The first-order chi connectivity index (χ1) is 7.81. The number of hydrogen-bond donors (Lipinski definition) is 2. The molecule has 0 radical (unpaired) electrons. The molecule has 16 heavy (non-hydrogen) atoms. The van der Waals surface area contributed by atoms with Crippen LogP contribution in [0, 0.1) is 0 Å². The molecule has 0 bridgehead atoms. The minimum absolute atomic E-state index is 0.0329. The molecule has 0 saturated carbocycles. The Morgan fingerprint density at radius 1 is 1.56 bits per heavy atom. The van der Waals surface area contributed by atoms with Crippen LogP contribution in [0.5, 0.6) is 0 Å². The molecule has 0 unspecified atom stereocenters. The van der Waals surface area contributed by atoms with Crippen molar-refractivity contribution in [1.82, 2.24) is 9.97 Å². The fourth-order valence-electron chi connectivity index (χ4n) is 1.34. The lowest BCUT2D eigenvalue weighted by atomic mass is 10.4. The molecule has 0 aliphatic heterocycles. The number of rotatable bonds is 5. The zero-order valence-electron chi connectivity index (χ0n) is 8.73. The second-order valence-electron chi connectivity index (χ2n) is 3.34. The summed E-state index contributed by atoms with van der Waals surface area (Å²) in [7, 11) is 0. The average molecular weight is 255 g/mol. The quantitative estimate of drug-likeness (QED) is 0.795. The predicted octanol–water partition coefficient (Wildman–Crippen LogP) is 1.57. The van der Waals surface area contributed by atoms with Crippen LogP contribution in [-0.4, -0.2) is 22.3 Å². The van der Waals surface area contributed by atoms with E-state index in [4.69, 9.17) is 5.73 Å². The zero-order chi connectivity index (χ0) is 11.4. The lowest BCUT2D eigenvalue weighted by molar-refractivity contribution is 0.940. The molecule has 0 spiro atoms. The lowest BCUT2D eigenvalue weighted by Gasteiger charge is -2.00. The van der Waals surface area contributed by atoms with Crippen LogP contribution in [0.4, 0.5) is 0 Å². The Hall–Kier alpha value is -0.850. The van der Waals surface area contributed by atoms with Crippen LogP contribution in [0.15, 0.2) is 16.2 Å². The molecular weight excluding hydrogens is 242 g/mol. The smallest absolute Gasteiger partial charge is 0.268 e. The Bertz CT molecular complexity index is 520. The number of aromatic amines is 1. The summed E-state index contributed by atoms with van der Waals surface area (Å²) >= 11 is 3.17. The van der Waals surface area contributed by atoms with Gasteiger partial charge in [-0.25, -0.2) is 4.98 Å². The van der Waals surface area contributed by atoms with Crippen molar-refractivity contribution >= 4 is 33.3 Å². The maximum Gasteiger partial charge on any atom is 0.268 e. The van der Waals surface area contributed by atoms with Gasteiger partial charge in [0.05, 0.1) is 11.3 Å². The van der Waals surface area contributed by atoms with Gasteiger partial charge in [0.15, 0.2) is 0 Å². The highest BCUT2D eigenvalue weighted by molar-refractivity contribution is 7.98. The third-order valence-electron chi connectivity index (χ3n) is 2.10. The Kier molecular flexibility index (Phi) is 3.98. The average Bonchev–Trinajstić information content (AvgIpc) is 2.73. The van der Waals surface area contributed by atoms with Crippen molar-refractivity contribution in [3.63, 3.8) is 0 Å². The van der Waals surface area contributed by atoms with Crippen LogP contribution >= 0.6 is 23.1 Å². The minimum atomic E-state index is -0.0329. The highest BCUT2D eigenvalue weighted by Gasteiger charge is 2.04. The molecule has 2 aromatic heterocycles. The third-order valence-corrected chi connectivity index (χ3v) is 4.05. The van der Waals surface area contributed by atoms with E-state index >= 15 is 0 Å². The van der Waals surface area contributed by atoms with Gasteiger partial charge < -0.3 is 10.7 Å². The number of H-pyrrole nitrogens is 1. The van der Waals surface area contributed by atoms with Crippen molar-refractivity contribution in [3.05, 3.63) is 27.6 Å². The zero-order valence-corrected chi connectivity index (χ0v) is 10.4. The van der Waals surface area contributed by atoms with Crippen molar-refractivity contribution < 1.29 is 0 Å². The first kappa shape index (κ1) is 11.6. The van der Waals surface area contributed by atoms with E-state index in [-0.39, 0.29) is 5.56 Å². The van der Waals surface area contributed by atoms with Gasteiger partial charge in [0.25, 0.3) is 5.56 Å². The monoisotopic (exact) mass is 255 g/mol. The highest BCUT2D eigenvalue weighted by atomic mass is 32.2. The molecule has 0 aliphatic rings. The number of thioether (sulfide) groups is 1. The van der Waals surface area contributed by atoms with Gasteiger partial charge in [-0.05, 0) is 30.2 Å². The van der Waals surface area contributed by atoms with E-state index in [1.807, 2.05) is 11.4 Å². The number of hydrogen-bond acceptors (Lipinski definition) is 5. The number of aromatic nitrogens is 2. The molecule has 0 aromatic carbocycles. The third kappa shape index (κ3) is 2.63.